The minimum Gasteiger partial charge on any atom is -0.376 e. The zero-order valence-corrected chi connectivity index (χ0v) is 13.6. The highest BCUT2D eigenvalue weighted by atomic mass is 35.5. The van der Waals surface area contributed by atoms with Crippen LogP contribution in [0.1, 0.15) is 17.9 Å². The van der Waals surface area contributed by atoms with Gasteiger partial charge in [0, 0.05) is 30.1 Å². The van der Waals surface area contributed by atoms with Crippen LogP contribution in [0.4, 0.5) is 5.69 Å². The molecule has 1 atom stereocenters. The number of hydrogen-bond acceptors (Lipinski definition) is 1. The van der Waals surface area contributed by atoms with Gasteiger partial charge in [-0.15, -0.1) is 0 Å². The molecule has 0 bridgehead atoms. The molecule has 0 aromatic heterocycles. The van der Waals surface area contributed by atoms with Crippen molar-refractivity contribution in [3.63, 3.8) is 0 Å². The van der Waals surface area contributed by atoms with Crippen LogP contribution in [0.5, 0.6) is 0 Å². The van der Waals surface area contributed by atoms with E-state index in [-0.39, 0.29) is 5.92 Å². The van der Waals surface area contributed by atoms with Gasteiger partial charge in [-0.05, 0) is 30.2 Å². The standard InChI is InChI=1S/C14H13Cl4N/c1-19(2)14-5-8(3-4-10(14)15)9-6-12(17)13(18)7-11(9)16/h3-5,7,9H,6H2,1-2H3. The second-order valence-corrected chi connectivity index (χ2v) is 6.35. The fourth-order valence-corrected chi connectivity index (χ4v) is 3.10. The van der Waals surface area contributed by atoms with Crippen molar-refractivity contribution in [2.75, 3.05) is 19.0 Å². The van der Waals surface area contributed by atoms with Crippen LogP contribution in [0, 0.1) is 0 Å². The van der Waals surface area contributed by atoms with Gasteiger partial charge in [0.2, 0.25) is 0 Å². The summed E-state index contributed by atoms with van der Waals surface area (Å²) in [5, 5.41) is 2.56. The number of allylic oxidation sites excluding steroid dienone is 4. The molecule has 1 aliphatic rings. The highest BCUT2D eigenvalue weighted by Crippen LogP contribution is 2.42. The van der Waals surface area contributed by atoms with E-state index in [1.54, 1.807) is 6.08 Å². The van der Waals surface area contributed by atoms with Crippen LogP contribution in [-0.4, -0.2) is 14.1 Å². The van der Waals surface area contributed by atoms with Crippen molar-refractivity contribution in [1.29, 1.82) is 0 Å². The molecule has 0 radical (unpaired) electrons. The molecule has 5 heteroatoms. The van der Waals surface area contributed by atoms with Gasteiger partial charge in [0.1, 0.15) is 0 Å². The summed E-state index contributed by atoms with van der Waals surface area (Å²) in [5.41, 5.74) is 2.04. The molecule has 2 rings (SSSR count). The summed E-state index contributed by atoms with van der Waals surface area (Å²) in [4.78, 5) is 1.97. The van der Waals surface area contributed by atoms with Gasteiger partial charge >= 0.3 is 0 Å². The Labute approximate surface area is 133 Å². The molecule has 1 aromatic rings. The normalized spacial score (nSPS) is 19.5. The Hall–Kier alpha value is -0.340. The number of rotatable bonds is 2. The molecule has 0 amide bonds. The summed E-state index contributed by atoms with van der Waals surface area (Å²) < 4.78 is 0. The van der Waals surface area contributed by atoms with Crippen molar-refractivity contribution in [1.82, 2.24) is 0 Å². The van der Waals surface area contributed by atoms with Gasteiger partial charge in [0.25, 0.3) is 0 Å². The molecule has 1 unspecified atom stereocenters. The van der Waals surface area contributed by atoms with E-state index in [2.05, 4.69) is 0 Å². The number of nitrogens with zero attached hydrogens (tertiary/aromatic N) is 1. The second-order valence-electron chi connectivity index (χ2n) is 4.64. The molecular formula is C14H13Cl4N. The Kier molecular flexibility index (Phi) is 4.73. The van der Waals surface area contributed by atoms with Gasteiger partial charge < -0.3 is 4.90 Å². The molecule has 19 heavy (non-hydrogen) atoms. The van der Waals surface area contributed by atoms with E-state index >= 15 is 0 Å². The molecule has 0 saturated carbocycles. The van der Waals surface area contributed by atoms with Crippen molar-refractivity contribution in [2.24, 2.45) is 0 Å². The minimum absolute atomic E-state index is 0.0348. The van der Waals surface area contributed by atoms with Crippen LogP contribution in [0.25, 0.3) is 0 Å². The maximum absolute atomic E-state index is 6.29. The molecule has 0 heterocycles. The summed E-state index contributed by atoms with van der Waals surface area (Å²) in [7, 11) is 3.90. The van der Waals surface area contributed by atoms with Crippen molar-refractivity contribution < 1.29 is 0 Å². The third kappa shape index (κ3) is 3.22. The zero-order chi connectivity index (χ0) is 14.2. The lowest BCUT2D eigenvalue weighted by molar-refractivity contribution is 0.823. The van der Waals surface area contributed by atoms with Gasteiger partial charge in [-0.1, -0.05) is 52.5 Å². The molecule has 0 N–H and O–H groups in total. The first-order chi connectivity index (χ1) is 8.90. The molecular weight excluding hydrogens is 324 g/mol. The molecule has 102 valence electrons. The van der Waals surface area contributed by atoms with Gasteiger partial charge in [-0.2, -0.15) is 0 Å². The number of benzene rings is 1. The van der Waals surface area contributed by atoms with E-state index in [1.807, 2.05) is 37.2 Å². The van der Waals surface area contributed by atoms with E-state index in [9.17, 15) is 0 Å². The lowest BCUT2D eigenvalue weighted by atomic mass is 9.91. The smallest absolute Gasteiger partial charge is 0.0639 e. The minimum atomic E-state index is 0.0348. The molecule has 1 nitrogen and oxygen atoms in total. The van der Waals surface area contributed by atoms with Crippen LogP contribution in [-0.2, 0) is 0 Å². The Morgan fingerprint density at radius 3 is 2.42 bits per heavy atom. The topological polar surface area (TPSA) is 3.24 Å². The maximum Gasteiger partial charge on any atom is 0.0639 e. The van der Waals surface area contributed by atoms with Crippen molar-refractivity contribution >= 4 is 52.1 Å². The Balaban J connectivity index is 2.39. The first-order valence-electron chi connectivity index (χ1n) is 5.78. The van der Waals surface area contributed by atoms with E-state index in [0.717, 1.165) is 11.3 Å². The Bertz CT molecular complexity index is 561. The predicted molar refractivity (Wildman–Crippen MR) is 85.8 cm³/mol. The largest absolute Gasteiger partial charge is 0.376 e. The number of halogens is 4. The summed E-state index contributed by atoms with van der Waals surface area (Å²) >= 11 is 24.6. The van der Waals surface area contributed by atoms with E-state index in [4.69, 9.17) is 46.4 Å². The van der Waals surface area contributed by atoms with Crippen LogP contribution in [0.15, 0.2) is 39.4 Å². The van der Waals surface area contributed by atoms with Crippen LogP contribution in [0.3, 0.4) is 0 Å². The Morgan fingerprint density at radius 1 is 1.11 bits per heavy atom. The van der Waals surface area contributed by atoms with E-state index in [0.29, 0.717) is 26.5 Å². The molecule has 0 fully saturated rings. The van der Waals surface area contributed by atoms with Crippen molar-refractivity contribution in [3.8, 4) is 0 Å². The third-order valence-electron chi connectivity index (χ3n) is 3.09. The van der Waals surface area contributed by atoms with Gasteiger partial charge in [-0.25, -0.2) is 0 Å². The van der Waals surface area contributed by atoms with E-state index < -0.39 is 0 Å². The zero-order valence-electron chi connectivity index (χ0n) is 10.6. The summed E-state index contributed by atoms with van der Waals surface area (Å²) in [5.74, 6) is 0.0348. The summed E-state index contributed by atoms with van der Waals surface area (Å²) in [6, 6.07) is 5.89. The van der Waals surface area contributed by atoms with Gasteiger partial charge in [0.15, 0.2) is 0 Å². The monoisotopic (exact) mass is 335 g/mol. The SMILES string of the molecule is CN(C)c1cc(C2CC(Cl)=C(Cl)C=C2Cl)ccc1Cl. The fourth-order valence-electron chi connectivity index (χ4n) is 2.04. The van der Waals surface area contributed by atoms with Crippen LogP contribution in [0.2, 0.25) is 5.02 Å². The fraction of sp³-hybridized carbons (Fsp3) is 0.286. The summed E-state index contributed by atoms with van der Waals surface area (Å²) in [6.45, 7) is 0. The first kappa shape index (κ1) is 15.1. The van der Waals surface area contributed by atoms with Gasteiger partial charge in [-0.3, -0.25) is 0 Å². The predicted octanol–water partition coefficient (Wildman–Crippen LogP) is 5.71. The maximum atomic E-state index is 6.29. The van der Waals surface area contributed by atoms with Crippen LogP contribution < -0.4 is 4.90 Å². The highest BCUT2D eigenvalue weighted by molar-refractivity contribution is 6.42. The van der Waals surface area contributed by atoms with Crippen molar-refractivity contribution in [2.45, 2.75) is 12.3 Å². The highest BCUT2D eigenvalue weighted by Gasteiger charge is 2.23. The second kappa shape index (κ2) is 5.97. The quantitative estimate of drug-likeness (QED) is 0.669. The molecule has 0 saturated heterocycles. The average molecular weight is 337 g/mol. The number of anilines is 1. The van der Waals surface area contributed by atoms with Crippen LogP contribution >= 0.6 is 46.4 Å². The van der Waals surface area contributed by atoms with Crippen molar-refractivity contribution in [3.05, 3.63) is 50.0 Å². The molecule has 0 spiro atoms. The molecule has 1 aromatic carbocycles. The Morgan fingerprint density at radius 2 is 1.79 bits per heavy atom. The average Bonchev–Trinajstić information content (AvgIpc) is 2.34. The first-order valence-corrected chi connectivity index (χ1v) is 7.29. The van der Waals surface area contributed by atoms with E-state index in [1.165, 1.54) is 0 Å². The lowest BCUT2D eigenvalue weighted by Crippen LogP contribution is -2.11. The van der Waals surface area contributed by atoms with Gasteiger partial charge in [0.05, 0.1) is 15.7 Å². The molecule has 0 aliphatic heterocycles. The third-order valence-corrected chi connectivity index (χ3v) is 4.58. The summed E-state index contributed by atoms with van der Waals surface area (Å²) in [6.07, 6.45) is 2.33. The lowest BCUT2D eigenvalue weighted by Gasteiger charge is -2.23. The molecule has 1 aliphatic carbocycles. The number of hydrogen-bond donors (Lipinski definition) is 0.